The van der Waals surface area contributed by atoms with Gasteiger partial charge in [-0.25, -0.2) is 0 Å². The van der Waals surface area contributed by atoms with Gasteiger partial charge in [0, 0.05) is 20.5 Å². The molecule has 0 bridgehead atoms. The highest BCUT2D eigenvalue weighted by Crippen LogP contribution is 2.18. The number of imide groups is 1. The van der Waals surface area contributed by atoms with E-state index < -0.39 is 17.9 Å². The van der Waals surface area contributed by atoms with Gasteiger partial charge < -0.3 is 9.64 Å². The van der Waals surface area contributed by atoms with Gasteiger partial charge in [-0.15, -0.1) is 0 Å². The lowest BCUT2D eigenvalue weighted by molar-refractivity contribution is -0.165. The Morgan fingerprint density at radius 3 is 2.29 bits per heavy atom. The van der Waals surface area contributed by atoms with Crippen LogP contribution in [-0.2, 0) is 20.8 Å². The lowest BCUT2D eigenvalue weighted by atomic mass is 10.0. The van der Waals surface area contributed by atoms with Crippen molar-refractivity contribution in [2.24, 2.45) is 0 Å². The lowest BCUT2D eigenvalue weighted by Crippen LogP contribution is -2.60. The molecule has 0 spiro atoms. The molecule has 0 radical (unpaired) electrons. The molecule has 6 heteroatoms. The van der Waals surface area contributed by atoms with Gasteiger partial charge in [-0.05, 0) is 37.6 Å². The van der Waals surface area contributed by atoms with Crippen molar-refractivity contribution in [2.75, 3.05) is 20.7 Å². The molecule has 1 heterocycles. The molecule has 128 valence electrons. The second-order valence-corrected chi connectivity index (χ2v) is 6.07. The fourth-order valence-corrected chi connectivity index (χ4v) is 2.40. The number of carbonyl (C=O) groups excluding carboxylic acids is 3. The van der Waals surface area contributed by atoms with Crippen LogP contribution in [0.4, 0.5) is 0 Å². The van der Waals surface area contributed by atoms with Crippen molar-refractivity contribution in [3.05, 3.63) is 41.5 Å². The summed E-state index contributed by atoms with van der Waals surface area (Å²) in [6.45, 7) is 4.52. The summed E-state index contributed by atoms with van der Waals surface area (Å²) in [4.78, 5) is 37.8. The maximum atomic E-state index is 12.2. The number of likely N-dealkylation sites (N-methyl/N-ethyl adjacent to an activating group) is 2. The molecular weight excluding hydrogens is 308 g/mol. The molecule has 0 aliphatic carbocycles. The van der Waals surface area contributed by atoms with E-state index in [-0.39, 0.29) is 5.91 Å². The van der Waals surface area contributed by atoms with Crippen LogP contribution in [0, 0.1) is 0 Å². The first kappa shape index (κ1) is 17.7. The van der Waals surface area contributed by atoms with Crippen LogP contribution in [0.1, 0.15) is 19.4 Å². The van der Waals surface area contributed by atoms with Crippen LogP contribution in [0.25, 0.3) is 0 Å². The molecule has 2 rings (SSSR count). The monoisotopic (exact) mass is 330 g/mol. The molecule has 6 nitrogen and oxygen atoms in total. The predicted octanol–water partition coefficient (Wildman–Crippen LogP) is 1.40. The van der Waals surface area contributed by atoms with E-state index in [0.29, 0.717) is 13.0 Å². The maximum absolute atomic E-state index is 12.2. The van der Waals surface area contributed by atoms with Crippen LogP contribution in [0.2, 0.25) is 0 Å². The SMILES string of the molecule is CC(C)=CCOc1ccc(C[C@H]2C(=O)N(C)C(=O)C(=O)N2C)cc1. The topological polar surface area (TPSA) is 66.9 Å². The molecule has 1 atom stereocenters. The van der Waals surface area contributed by atoms with E-state index in [0.717, 1.165) is 16.2 Å². The third-order valence-electron chi connectivity index (χ3n) is 3.99. The van der Waals surface area contributed by atoms with Crippen LogP contribution in [0.15, 0.2) is 35.9 Å². The quantitative estimate of drug-likeness (QED) is 0.465. The van der Waals surface area contributed by atoms with Gasteiger partial charge in [-0.3, -0.25) is 19.3 Å². The highest BCUT2D eigenvalue weighted by molar-refractivity contribution is 6.39. The number of allylic oxidation sites excluding steroid dienone is 1. The molecule has 0 aromatic heterocycles. The van der Waals surface area contributed by atoms with Gasteiger partial charge in [0.1, 0.15) is 18.4 Å². The smallest absolute Gasteiger partial charge is 0.318 e. The fourth-order valence-electron chi connectivity index (χ4n) is 2.40. The van der Waals surface area contributed by atoms with Gasteiger partial charge in [-0.1, -0.05) is 17.7 Å². The Morgan fingerprint density at radius 2 is 1.71 bits per heavy atom. The van der Waals surface area contributed by atoms with Crippen molar-refractivity contribution in [1.82, 2.24) is 9.80 Å². The van der Waals surface area contributed by atoms with Gasteiger partial charge in [0.15, 0.2) is 0 Å². The Labute approximate surface area is 141 Å². The number of rotatable bonds is 5. The second kappa shape index (κ2) is 7.29. The van der Waals surface area contributed by atoms with Crippen molar-refractivity contribution in [3.8, 4) is 5.75 Å². The molecule has 1 fully saturated rings. The van der Waals surface area contributed by atoms with Crippen LogP contribution in [0.3, 0.4) is 0 Å². The Balaban J connectivity index is 2.05. The maximum Gasteiger partial charge on any atom is 0.318 e. The molecule has 24 heavy (non-hydrogen) atoms. The molecule has 1 aromatic carbocycles. The van der Waals surface area contributed by atoms with Gasteiger partial charge in [0.25, 0.3) is 5.91 Å². The molecule has 0 saturated carbocycles. The number of hydrogen-bond acceptors (Lipinski definition) is 4. The van der Waals surface area contributed by atoms with E-state index in [9.17, 15) is 14.4 Å². The number of ether oxygens (including phenoxy) is 1. The summed E-state index contributed by atoms with van der Waals surface area (Å²) in [6, 6.07) is 6.72. The van der Waals surface area contributed by atoms with Crippen molar-refractivity contribution >= 4 is 17.7 Å². The van der Waals surface area contributed by atoms with Crippen molar-refractivity contribution in [2.45, 2.75) is 26.3 Å². The van der Waals surface area contributed by atoms with Crippen molar-refractivity contribution in [1.29, 1.82) is 0 Å². The average molecular weight is 330 g/mol. The molecule has 1 aliphatic heterocycles. The minimum atomic E-state index is -0.790. The summed E-state index contributed by atoms with van der Waals surface area (Å²) in [5.74, 6) is -1.08. The Bertz CT molecular complexity index is 675. The largest absolute Gasteiger partial charge is 0.490 e. The highest BCUT2D eigenvalue weighted by Gasteiger charge is 2.41. The molecule has 3 amide bonds. The van der Waals surface area contributed by atoms with Gasteiger partial charge in [0.2, 0.25) is 0 Å². The normalized spacial score (nSPS) is 18.0. The minimum Gasteiger partial charge on any atom is -0.490 e. The second-order valence-electron chi connectivity index (χ2n) is 6.07. The molecule has 0 N–H and O–H groups in total. The van der Waals surface area contributed by atoms with E-state index >= 15 is 0 Å². The van der Waals surface area contributed by atoms with E-state index in [1.165, 1.54) is 24.6 Å². The first-order valence-corrected chi connectivity index (χ1v) is 7.75. The van der Waals surface area contributed by atoms with E-state index in [1.807, 2.05) is 44.2 Å². The Hall–Kier alpha value is -2.63. The zero-order valence-electron chi connectivity index (χ0n) is 14.4. The van der Waals surface area contributed by atoms with Crippen LogP contribution in [-0.4, -0.2) is 54.3 Å². The molecule has 1 aromatic rings. The summed E-state index contributed by atoms with van der Waals surface area (Å²) in [5, 5.41) is 0. The van der Waals surface area contributed by atoms with E-state index in [1.54, 1.807) is 0 Å². The summed E-state index contributed by atoms with van der Waals surface area (Å²) in [7, 11) is 2.81. The highest BCUT2D eigenvalue weighted by atomic mass is 16.5. The van der Waals surface area contributed by atoms with Gasteiger partial charge in [0.05, 0.1) is 0 Å². The number of piperazine rings is 1. The van der Waals surface area contributed by atoms with Crippen molar-refractivity contribution in [3.63, 3.8) is 0 Å². The molecule has 1 aliphatic rings. The Kier molecular flexibility index (Phi) is 5.39. The van der Waals surface area contributed by atoms with E-state index in [4.69, 9.17) is 4.74 Å². The summed E-state index contributed by atoms with van der Waals surface area (Å²) in [5.41, 5.74) is 2.08. The van der Waals surface area contributed by atoms with Crippen molar-refractivity contribution < 1.29 is 19.1 Å². The summed E-state index contributed by atoms with van der Waals surface area (Å²) >= 11 is 0. The van der Waals surface area contributed by atoms with Gasteiger partial charge >= 0.3 is 11.8 Å². The molecular formula is C18H22N2O4. The standard InChI is InChI=1S/C18H22N2O4/c1-12(2)9-10-24-14-7-5-13(6-8-14)11-15-16(21)20(4)18(23)17(22)19(15)3/h5-9,15H,10-11H2,1-4H3/t15-/m0/s1. The zero-order chi connectivity index (χ0) is 17.9. The number of carbonyl (C=O) groups is 3. The number of amides is 3. The fraction of sp³-hybridized carbons (Fsp3) is 0.389. The summed E-state index contributed by atoms with van der Waals surface area (Å²) < 4.78 is 5.59. The number of nitrogens with zero attached hydrogens (tertiary/aromatic N) is 2. The first-order chi connectivity index (χ1) is 11.3. The van der Waals surface area contributed by atoms with E-state index in [2.05, 4.69) is 0 Å². The molecule has 0 unspecified atom stereocenters. The third-order valence-corrected chi connectivity index (χ3v) is 3.99. The zero-order valence-corrected chi connectivity index (χ0v) is 14.4. The van der Waals surface area contributed by atoms with Crippen LogP contribution in [0.5, 0.6) is 5.75 Å². The number of benzene rings is 1. The Morgan fingerprint density at radius 1 is 1.08 bits per heavy atom. The first-order valence-electron chi connectivity index (χ1n) is 7.75. The van der Waals surface area contributed by atoms with Crippen LogP contribution >= 0.6 is 0 Å². The van der Waals surface area contributed by atoms with Gasteiger partial charge in [-0.2, -0.15) is 0 Å². The third kappa shape index (κ3) is 3.82. The summed E-state index contributed by atoms with van der Waals surface area (Å²) in [6.07, 6.45) is 2.34. The average Bonchev–Trinajstić information content (AvgIpc) is 2.56. The minimum absolute atomic E-state index is 0.354. The lowest BCUT2D eigenvalue weighted by Gasteiger charge is -2.34. The van der Waals surface area contributed by atoms with Crippen LogP contribution < -0.4 is 4.74 Å². The number of hydrogen-bond donors (Lipinski definition) is 0. The predicted molar refractivity (Wildman–Crippen MR) is 89.4 cm³/mol. The molecule has 1 saturated heterocycles.